The molecule has 0 saturated heterocycles. The molecule has 0 atom stereocenters. The molecule has 0 aliphatic heterocycles. The normalized spacial score (nSPS) is 9.83. The van der Waals surface area contributed by atoms with Gasteiger partial charge < -0.3 is 14.8 Å². The van der Waals surface area contributed by atoms with Crippen molar-refractivity contribution in [1.29, 1.82) is 0 Å². The zero-order valence-corrected chi connectivity index (χ0v) is 12.7. The third-order valence-electron chi connectivity index (χ3n) is 3.07. The first-order valence-electron chi connectivity index (χ1n) is 6.73. The largest absolute Gasteiger partial charge is 0.465 e. The van der Waals surface area contributed by atoms with Crippen LogP contribution in [0.2, 0.25) is 0 Å². The van der Waals surface area contributed by atoms with E-state index in [-0.39, 0.29) is 17.0 Å². The molecule has 0 heterocycles. The van der Waals surface area contributed by atoms with Crippen LogP contribution >= 0.6 is 0 Å². The van der Waals surface area contributed by atoms with Crippen molar-refractivity contribution in [2.75, 3.05) is 19.5 Å². The number of hydrogen-bond acceptors (Lipinski definition) is 5. The molecule has 1 N–H and O–H groups in total. The van der Waals surface area contributed by atoms with Gasteiger partial charge in [0.25, 0.3) is 5.91 Å². The number of hydrogen-bond donors (Lipinski definition) is 1. The Morgan fingerprint density at radius 1 is 0.783 bits per heavy atom. The minimum Gasteiger partial charge on any atom is -0.465 e. The highest BCUT2D eigenvalue weighted by Crippen LogP contribution is 2.18. The van der Waals surface area contributed by atoms with Gasteiger partial charge >= 0.3 is 11.9 Å². The number of carbonyl (C=O) groups excluding carboxylic acids is 3. The molecule has 0 unspecified atom stereocenters. The van der Waals surface area contributed by atoms with Gasteiger partial charge in [0.15, 0.2) is 0 Å². The summed E-state index contributed by atoms with van der Waals surface area (Å²) in [5.41, 5.74) is 1.02. The molecule has 0 aromatic heterocycles. The second-order valence-electron chi connectivity index (χ2n) is 4.60. The number of anilines is 1. The average molecular weight is 313 g/mol. The van der Waals surface area contributed by atoms with E-state index in [1.54, 1.807) is 30.3 Å². The SMILES string of the molecule is COC(=O)c1cc(NC(=O)c2ccccc2)cc(C(=O)OC)c1. The van der Waals surface area contributed by atoms with Gasteiger partial charge in [-0.05, 0) is 30.3 Å². The van der Waals surface area contributed by atoms with Crippen LogP contribution in [0.4, 0.5) is 5.69 Å². The van der Waals surface area contributed by atoms with E-state index in [9.17, 15) is 14.4 Å². The molecule has 23 heavy (non-hydrogen) atoms. The topological polar surface area (TPSA) is 81.7 Å². The third-order valence-corrected chi connectivity index (χ3v) is 3.07. The number of benzene rings is 2. The summed E-state index contributed by atoms with van der Waals surface area (Å²) in [5.74, 6) is -1.60. The van der Waals surface area contributed by atoms with Crippen LogP contribution in [-0.2, 0) is 9.47 Å². The summed E-state index contributed by atoms with van der Waals surface area (Å²) >= 11 is 0. The minimum absolute atomic E-state index is 0.138. The predicted molar refractivity (Wildman–Crippen MR) is 83.5 cm³/mol. The average Bonchev–Trinajstić information content (AvgIpc) is 2.60. The van der Waals surface area contributed by atoms with Crippen LogP contribution in [0.25, 0.3) is 0 Å². The molecular formula is C17H15NO5. The van der Waals surface area contributed by atoms with E-state index >= 15 is 0 Å². The van der Waals surface area contributed by atoms with Gasteiger partial charge in [-0.2, -0.15) is 0 Å². The lowest BCUT2D eigenvalue weighted by Crippen LogP contribution is -2.14. The van der Waals surface area contributed by atoms with E-state index in [2.05, 4.69) is 14.8 Å². The molecule has 0 spiro atoms. The van der Waals surface area contributed by atoms with E-state index < -0.39 is 11.9 Å². The number of carbonyl (C=O) groups is 3. The second kappa shape index (κ2) is 7.22. The van der Waals surface area contributed by atoms with E-state index in [0.29, 0.717) is 11.3 Å². The lowest BCUT2D eigenvalue weighted by atomic mass is 10.1. The maximum absolute atomic E-state index is 12.2. The Balaban J connectivity index is 2.35. The fourth-order valence-corrected chi connectivity index (χ4v) is 1.96. The van der Waals surface area contributed by atoms with Crippen molar-refractivity contribution in [2.45, 2.75) is 0 Å². The van der Waals surface area contributed by atoms with Crippen molar-refractivity contribution >= 4 is 23.5 Å². The smallest absolute Gasteiger partial charge is 0.337 e. The van der Waals surface area contributed by atoms with Crippen LogP contribution in [0.1, 0.15) is 31.1 Å². The van der Waals surface area contributed by atoms with Crippen molar-refractivity contribution in [2.24, 2.45) is 0 Å². The molecule has 0 aliphatic carbocycles. The Morgan fingerprint density at radius 2 is 1.30 bits per heavy atom. The maximum Gasteiger partial charge on any atom is 0.337 e. The lowest BCUT2D eigenvalue weighted by molar-refractivity contribution is 0.0599. The third kappa shape index (κ3) is 3.94. The minimum atomic E-state index is -0.619. The van der Waals surface area contributed by atoms with Gasteiger partial charge in [0.1, 0.15) is 0 Å². The van der Waals surface area contributed by atoms with Crippen molar-refractivity contribution in [3.05, 3.63) is 65.2 Å². The molecular weight excluding hydrogens is 298 g/mol. The molecule has 0 aliphatic rings. The number of methoxy groups -OCH3 is 2. The Labute approximate surface area is 133 Å². The zero-order chi connectivity index (χ0) is 16.8. The highest BCUT2D eigenvalue weighted by molar-refractivity contribution is 6.06. The van der Waals surface area contributed by atoms with Gasteiger partial charge in [0.05, 0.1) is 25.3 Å². The van der Waals surface area contributed by atoms with Gasteiger partial charge in [0, 0.05) is 11.3 Å². The standard InChI is InChI=1S/C17H15NO5/c1-22-16(20)12-8-13(17(21)23-2)10-14(9-12)18-15(19)11-6-4-3-5-7-11/h3-10H,1-2H3,(H,18,19). The van der Waals surface area contributed by atoms with Crippen LogP contribution < -0.4 is 5.32 Å². The molecule has 6 nitrogen and oxygen atoms in total. The first-order chi connectivity index (χ1) is 11.0. The van der Waals surface area contributed by atoms with Crippen molar-refractivity contribution in [3.63, 3.8) is 0 Å². The Morgan fingerprint density at radius 3 is 1.78 bits per heavy atom. The van der Waals surface area contributed by atoms with Gasteiger partial charge in [-0.3, -0.25) is 4.79 Å². The van der Waals surface area contributed by atoms with Crippen LogP contribution in [0.5, 0.6) is 0 Å². The highest BCUT2D eigenvalue weighted by Gasteiger charge is 2.15. The highest BCUT2D eigenvalue weighted by atomic mass is 16.5. The van der Waals surface area contributed by atoms with Gasteiger partial charge in [-0.15, -0.1) is 0 Å². The first-order valence-corrected chi connectivity index (χ1v) is 6.73. The molecule has 0 fully saturated rings. The van der Waals surface area contributed by atoms with Crippen molar-refractivity contribution in [1.82, 2.24) is 0 Å². The second-order valence-corrected chi connectivity index (χ2v) is 4.60. The monoisotopic (exact) mass is 313 g/mol. The van der Waals surface area contributed by atoms with Crippen molar-refractivity contribution in [3.8, 4) is 0 Å². The number of amides is 1. The number of nitrogens with one attached hydrogen (secondary N) is 1. The Bertz CT molecular complexity index is 706. The number of esters is 2. The quantitative estimate of drug-likeness (QED) is 0.877. The fourth-order valence-electron chi connectivity index (χ4n) is 1.96. The Kier molecular flexibility index (Phi) is 5.09. The molecule has 2 rings (SSSR count). The van der Waals surface area contributed by atoms with Gasteiger partial charge in [0.2, 0.25) is 0 Å². The zero-order valence-electron chi connectivity index (χ0n) is 12.7. The van der Waals surface area contributed by atoms with Crippen LogP contribution in [0.3, 0.4) is 0 Å². The summed E-state index contributed by atoms with van der Waals surface area (Å²) in [4.78, 5) is 35.6. The molecule has 0 radical (unpaired) electrons. The van der Waals surface area contributed by atoms with Gasteiger partial charge in [-0.25, -0.2) is 9.59 Å². The molecule has 0 bridgehead atoms. The van der Waals surface area contributed by atoms with E-state index in [1.165, 1.54) is 32.4 Å². The molecule has 0 saturated carbocycles. The molecule has 2 aromatic carbocycles. The molecule has 118 valence electrons. The Hall–Kier alpha value is -3.15. The molecule has 2 aromatic rings. The maximum atomic E-state index is 12.2. The summed E-state index contributed by atoms with van der Waals surface area (Å²) in [6.45, 7) is 0. The molecule has 1 amide bonds. The molecule has 6 heteroatoms. The van der Waals surface area contributed by atoms with E-state index in [0.717, 1.165) is 0 Å². The summed E-state index contributed by atoms with van der Waals surface area (Å²) in [6.07, 6.45) is 0. The van der Waals surface area contributed by atoms with Crippen molar-refractivity contribution < 1.29 is 23.9 Å². The number of rotatable bonds is 4. The first kappa shape index (κ1) is 16.2. The summed E-state index contributed by atoms with van der Waals surface area (Å²) < 4.78 is 9.29. The lowest BCUT2D eigenvalue weighted by Gasteiger charge is -2.09. The predicted octanol–water partition coefficient (Wildman–Crippen LogP) is 2.51. The summed E-state index contributed by atoms with van der Waals surface area (Å²) in [7, 11) is 2.46. The van der Waals surface area contributed by atoms with Crippen LogP contribution in [-0.4, -0.2) is 32.1 Å². The summed E-state index contributed by atoms with van der Waals surface area (Å²) in [6, 6.07) is 12.8. The van der Waals surface area contributed by atoms with E-state index in [4.69, 9.17) is 0 Å². The van der Waals surface area contributed by atoms with E-state index in [1.807, 2.05) is 0 Å². The fraction of sp³-hybridized carbons (Fsp3) is 0.118. The summed E-state index contributed by atoms with van der Waals surface area (Å²) in [5, 5.41) is 2.64. The van der Waals surface area contributed by atoms with Gasteiger partial charge in [-0.1, -0.05) is 18.2 Å². The van der Waals surface area contributed by atoms with Crippen LogP contribution in [0.15, 0.2) is 48.5 Å². The van der Waals surface area contributed by atoms with Crippen LogP contribution in [0, 0.1) is 0 Å². The number of ether oxygens (including phenoxy) is 2.